The minimum atomic E-state index is 0.672. The fourth-order valence-electron chi connectivity index (χ4n) is 1.47. The summed E-state index contributed by atoms with van der Waals surface area (Å²) in [6.07, 6.45) is 1.79. The molecule has 0 saturated heterocycles. The molecule has 18 heavy (non-hydrogen) atoms. The van der Waals surface area contributed by atoms with Crippen molar-refractivity contribution in [3.63, 3.8) is 0 Å². The first-order valence-electron chi connectivity index (χ1n) is 5.40. The Bertz CT molecular complexity index is 532. The lowest BCUT2D eigenvalue weighted by atomic mass is 10.3. The fourth-order valence-corrected chi connectivity index (χ4v) is 2.99. The van der Waals surface area contributed by atoms with Crippen LogP contribution in [0.3, 0.4) is 0 Å². The van der Waals surface area contributed by atoms with Crippen molar-refractivity contribution in [2.24, 2.45) is 0 Å². The number of rotatable bonds is 4. The van der Waals surface area contributed by atoms with Crippen LogP contribution >= 0.6 is 35.0 Å². The van der Waals surface area contributed by atoms with Crippen molar-refractivity contribution in [3.8, 4) is 0 Å². The Kier molecular flexibility index (Phi) is 4.75. The lowest BCUT2D eigenvalue weighted by Crippen LogP contribution is -1.90. The van der Waals surface area contributed by atoms with Crippen LogP contribution in [0.1, 0.15) is 5.69 Å². The standard InChI is InChI=1S/C13H12Cl2N2S/c1-16-12-6-11(15)13(7-10(12)14)18-8-9-4-2-3-5-17-9/h2-7,16H,8H2,1H3. The van der Waals surface area contributed by atoms with Crippen molar-refractivity contribution < 1.29 is 0 Å². The number of hydrogen-bond donors (Lipinski definition) is 1. The zero-order valence-corrected chi connectivity index (χ0v) is 12.1. The van der Waals surface area contributed by atoms with Crippen LogP contribution in [0.2, 0.25) is 10.0 Å². The molecule has 0 saturated carbocycles. The van der Waals surface area contributed by atoms with E-state index in [1.54, 1.807) is 18.0 Å². The van der Waals surface area contributed by atoms with Gasteiger partial charge >= 0.3 is 0 Å². The van der Waals surface area contributed by atoms with Gasteiger partial charge < -0.3 is 5.32 Å². The molecule has 0 amide bonds. The minimum absolute atomic E-state index is 0.672. The van der Waals surface area contributed by atoms with E-state index in [2.05, 4.69) is 10.3 Å². The van der Waals surface area contributed by atoms with Gasteiger partial charge in [0, 0.05) is 23.9 Å². The second kappa shape index (κ2) is 6.32. The SMILES string of the molecule is CNc1cc(Cl)c(SCc2ccccn2)cc1Cl. The van der Waals surface area contributed by atoms with E-state index in [4.69, 9.17) is 23.2 Å². The van der Waals surface area contributed by atoms with E-state index in [9.17, 15) is 0 Å². The Morgan fingerprint density at radius 2 is 2.06 bits per heavy atom. The average molecular weight is 299 g/mol. The van der Waals surface area contributed by atoms with Crippen molar-refractivity contribution in [3.05, 3.63) is 52.3 Å². The molecule has 0 aliphatic rings. The number of hydrogen-bond acceptors (Lipinski definition) is 3. The minimum Gasteiger partial charge on any atom is -0.387 e. The predicted octanol–water partition coefficient (Wildman–Crippen LogP) is 4.72. The van der Waals surface area contributed by atoms with Gasteiger partial charge in [-0.25, -0.2) is 0 Å². The Morgan fingerprint density at radius 1 is 1.22 bits per heavy atom. The van der Waals surface area contributed by atoms with Gasteiger partial charge in [-0.2, -0.15) is 0 Å². The van der Waals surface area contributed by atoms with E-state index in [1.807, 2.05) is 37.4 Å². The average Bonchev–Trinajstić information content (AvgIpc) is 2.40. The first-order chi connectivity index (χ1) is 8.70. The van der Waals surface area contributed by atoms with Crippen LogP contribution < -0.4 is 5.32 Å². The number of benzene rings is 1. The van der Waals surface area contributed by atoms with Gasteiger partial charge in [-0.05, 0) is 24.3 Å². The smallest absolute Gasteiger partial charge is 0.0649 e. The lowest BCUT2D eigenvalue weighted by Gasteiger charge is -2.09. The molecule has 0 fully saturated rings. The normalized spacial score (nSPS) is 10.4. The van der Waals surface area contributed by atoms with Crippen LogP contribution in [0.15, 0.2) is 41.4 Å². The molecular weight excluding hydrogens is 287 g/mol. The second-order valence-electron chi connectivity index (χ2n) is 3.62. The highest BCUT2D eigenvalue weighted by Crippen LogP contribution is 2.35. The monoisotopic (exact) mass is 298 g/mol. The van der Waals surface area contributed by atoms with Crippen molar-refractivity contribution in [2.75, 3.05) is 12.4 Å². The van der Waals surface area contributed by atoms with Crippen LogP contribution in [0.5, 0.6) is 0 Å². The summed E-state index contributed by atoms with van der Waals surface area (Å²) in [6.45, 7) is 0. The number of nitrogens with one attached hydrogen (secondary N) is 1. The summed E-state index contributed by atoms with van der Waals surface area (Å²) in [4.78, 5) is 5.23. The van der Waals surface area contributed by atoms with Crippen molar-refractivity contribution >= 4 is 40.7 Å². The van der Waals surface area contributed by atoms with Gasteiger partial charge in [0.15, 0.2) is 0 Å². The Hall–Kier alpha value is -0.900. The number of aromatic nitrogens is 1. The molecule has 0 unspecified atom stereocenters. The molecule has 2 rings (SSSR count). The summed E-state index contributed by atoms with van der Waals surface area (Å²) in [5.74, 6) is 0.774. The zero-order valence-electron chi connectivity index (χ0n) is 9.78. The van der Waals surface area contributed by atoms with Crippen molar-refractivity contribution in [1.82, 2.24) is 4.98 Å². The second-order valence-corrected chi connectivity index (χ2v) is 5.45. The fraction of sp³-hybridized carbons (Fsp3) is 0.154. The van der Waals surface area contributed by atoms with E-state index in [1.165, 1.54) is 0 Å². The summed E-state index contributed by atoms with van der Waals surface area (Å²) < 4.78 is 0. The summed E-state index contributed by atoms with van der Waals surface area (Å²) in [7, 11) is 1.82. The molecule has 1 heterocycles. The predicted molar refractivity (Wildman–Crippen MR) is 79.8 cm³/mol. The van der Waals surface area contributed by atoms with Crippen molar-refractivity contribution in [1.29, 1.82) is 0 Å². The van der Waals surface area contributed by atoms with Gasteiger partial charge in [0.1, 0.15) is 0 Å². The van der Waals surface area contributed by atoms with Crippen LogP contribution in [0.4, 0.5) is 5.69 Å². The maximum atomic E-state index is 6.21. The highest BCUT2D eigenvalue weighted by molar-refractivity contribution is 7.98. The summed E-state index contributed by atoms with van der Waals surface area (Å²) in [5.41, 5.74) is 1.86. The van der Waals surface area contributed by atoms with E-state index >= 15 is 0 Å². The quantitative estimate of drug-likeness (QED) is 0.827. The van der Waals surface area contributed by atoms with Crippen LogP contribution in [-0.2, 0) is 5.75 Å². The molecule has 0 radical (unpaired) electrons. The van der Waals surface area contributed by atoms with Crippen LogP contribution in [-0.4, -0.2) is 12.0 Å². The van der Waals surface area contributed by atoms with E-state index in [-0.39, 0.29) is 0 Å². The Balaban J connectivity index is 2.13. The Morgan fingerprint density at radius 3 is 2.72 bits per heavy atom. The molecule has 2 nitrogen and oxygen atoms in total. The van der Waals surface area contributed by atoms with E-state index < -0.39 is 0 Å². The Labute approximate surface area is 121 Å². The molecule has 94 valence electrons. The van der Waals surface area contributed by atoms with Crippen LogP contribution in [0, 0.1) is 0 Å². The molecule has 1 aromatic carbocycles. The topological polar surface area (TPSA) is 24.9 Å². The number of nitrogens with zero attached hydrogens (tertiary/aromatic N) is 1. The summed E-state index contributed by atoms with van der Waals surface area (Å²) >= 11 is 14.0. The van der Waals surface area contributed by atoms with Gasteiger partial charge in [0.05, 0.1) is 21.4 Å². The molecule has 1 N–H and O–H groups in total. The molecule has 0 spiro atoms. The van der Waals surface area contributed by atoms with Gasteiger partial charge in [-0.3, -0.25) is 4.98 Å². The number of thioether (sulfide) groups is 1. The molecule has 0 aliphatic heterocycles. The van der Waals surface area contributed by atoms with E-state index in [0.717, 1.165) is 22.0 Å². The molecular formula is C13H12Cl2N2S. The summed E-state index contributed by atoms with van der Waals surface area (Å²) in [6, 6.07) is 9.58. The van der Waals surface area contributed by atoms with Gasteiger partial charge in [-0.1, -0.05) is 29.3 Å². The highest BCUT2D eigenvalue weighted by Gasteiger charge is 2.07. The first kappa shape index (κ1) is 13.5. The maximum absolute atomic E-state index is 6.21. The third kappa shape index (κ3) is 3.31. The molecule has 0 bridgehead atoms. The summed E-state index contributed by atoms with van der Waals surface area (Å²) in [5, 5.41) is 4.37. The molecule has 1 aromatic heterocycles. The molecule has 5 heteroatoms. The zero-order chi connectivity index (χ0) is 13.0. The lowest BCUT2D eigenvalue weighted by molar-refractivity contribution is 1.17. The van der Waals surface area contributed by atoms with Crippen molar-refractivity contribution in [2.45, 2.75) is 10.6 Å². The highest BCUT2D eigenvalue weighted by atomic mass is 35.5. The number of anilines is 1. The molecule has 0 aliphatic carbocycles. The first-order valence-corrected chi connectivity index (χ1v) is 7.14. The molecule has 0 atom stereocenters. The number of halogens is 2. The molecule has 2 aromatic rings. The van der Waals surface area contributed by atoms with Gasteiger partial charge in [0.2, 0.25) is 0 Å². The largest absolute Gasteiger partial charge is 0.387 e. The van der Waals surface area contributed by atoms with E-state index in [0.29, 0.717) is 10.0 Å². The van der Waals surface area contributed by atoms with Gasteiger partial charge in [0.25, 0.3) is 0 Å². The third-order valence-electron chi connectivity index (χ3n) is 2.39. The van der Waals surface area contributed by atoms with Crippen LogP contribution in [0.25, 0.3) is 0 Å². The number of pyridine rings is 1. The maximum Gasteiger partial charge on any atom is 0.0649 e. The third-order valence-corrected chi connectivity index (χ3v) is 4.22. The van der Waals surface area contributed by atoms with Gasteiger partial charge in [-0.15, -0.1) is 11.8 Å².